The number of hydrogen-bond acceptors (Lipinski definition) is 4. The van der Waals surface area contributed by atoms with Crippen molar-refractivity contribution < 1.29 is 14.3 Å². The Morgan fingerprint density at radius 3 is 2.35 bits per heavy atom. The molecule has 1 aromatic rings. The molecule has 0 fully saturated rings. The molecule has 110 valence electrons. The Kier molecular flexibility index (Phi) is 6.18. The smallest absolute Gasteiger partial charge is 0.337 e. The van der Waals surface area contributed by atoms with E-state index < -0.39 is 6.04 Å². The summed E-state index contributed by atoms with van der Waals surface area (Å²) in [4.78, 5) is 23.0. The van der Waals surface area contributed by atoms with Gasteiger partial charge in [-0.1, -0.05) is 26.0 Å². The number of benzene rings is 1. The van der Waals surface area contributed by atoms with Crippen LogP contribution in [-0.4, -0.2) is 25.0 Å². The van der Waals surface area contributed by atoms with Crippen LogP contribution in [0.3, 0.4) is 0 Å². The van der Waals surface area contributed by atoms with Crippen LogP contribution in [0.4, 0.5) is 0 Å². The van der Waals surface area contributed by atoms with E-state index in [1.807, 2.05) is 13.8 Å². The van der Waals surface area contributed by atoms with Crippen molar-refractivity contribution in [2.45, 2.75) is 32.9 Å². The van der Waals surface area contributed by atoms with E-state index >= 15 is 0 Å². The molecule has 0 bridgehead atoms. The number of methoxy groups -OCH3 is 1. The SMILES string of the molecule is COC(=O)c1ccc(CNC(=O)[C@H](N)CC(C)C)cc1. The van der Waals surface area contributed by atoms with E-state index in [1.165, 1.54) is 7.11 Å². The van der Waals surface area contributed by atoms with E-state index in [1.54, 1.807) is 24.3 Å². The highest BCUT2D eigenvalue weighted by Gasteiger charge is 2.14. The predicted octanol–water partition coefficient (Wildman–Crippen LogP) is 1.46. The number of rotatable bonds is 6. The summed E-state index contributed by atoms with van der Waals surface area (Å²) < 4.78 is 4.62. The van der Waals surface area contributed by atoms with Gasteiger partial charge in [-0.2, -0.15) is 0 Å². The average Bonchev–Trinajstić information content (AvgIpc) is 2.43. The summed E-state index contributed by atoms with van der Waals surface area (Å²) in [5, 5.41) is 2.79. The largest absolute Gasteiger partial charge is 0.465 e. The third kappa shape index (κ3) is 5.01. The van der Waals surface area contributed by atoms with Crippen LogP contribution in [0.25, 0.3) is 0 Å². The molecule has 0 saturated heterocycles. The second kappa shape index (κ2) is 7.65. The number of nitrogens with one attached hydrogen (secondary N) is 1. The Balaban J connectivity index is 2.49. The van der Waals surface area contributed by atoms with Gasteiger partial charge in [0.1, 0.15) is 0 Å². The minimum atomic E-state index is -0.482. The molecule has 0 aromatic heterocycles. The second-order valence-corrected chi connectivity index (χ2v) is 5.14. The van der Waals surface area contributed by atoms with E-state index in [9.17, 15) is 9.59 Å². The number of carbonyl (C=O) groups is 2. The lowest BCUT2D eigenvalue weighted by Crippen LogP contribution is -2.41. The van der Waals surface area contributed by atoms with Crippen LogP contribution < -0.4 is 11.1 Å². The normalized spacial score (nSPS) is 12.1. The molecule has 20 heavy (non-hydrogen) atoms. The Labute approximate surface area is 119 Å². The number of carbonyl (C=O) groups excluding carboxylic acids is 2. The number of nitrogens with two attached hydrogens (primary N) is 1. The maximum Gasteiger partial charge on any atom is 0.337 e. The van der Waals surface area contributed by atoms with Crippen LogP contribution in [0.1, 0.15) is 36.2 Å². The van der Waals surface area contributed by atoms with Crippen molar-refractivity contribution in [3.8, 4) is 0 Å². The lowest BCUT2D eigenvalue weighted by molar-refractivity contribution is -0.122. The van der Waals surface area contributed by atoms with Gasteiger partial charge in [0.25, 0.3) is 0 Å². The van der Waals surface area contributed by atoms with Crippen molar-refractivity contribution in [3.05, 3.63) is 35.4 Å². The van der Waals surface area contributed by atoms with E-state index in [-0.39, 0.29) is 11.9 Å². The zero-order chi connectivity index (χ0) is 15.1. The van der Waals surface area contributed by atoms with Crippen molar-refractivity contribution in [1.29, 1.82) is 0 Å². The number of ether oxygens (including phenoxy) is 1. The Morgan fingerprint density at radius 1 is 1.25 bits per heavy atom. The summed E-state index contributed by atoms with van der Waals surface area (Å²) in [5.41, 5.74) is 7.18. The fourth-order valence-corrected chi connectivity index (χ4v) is 1.81. The van der Waals surface area contributed by atoms with Gasteiger partial charge in [-0.15, -0.1) is 0 Å². The Bertz CT molecular complexity index is 455. The Hall–Kier alpha value is -1.88. The molecule has 1 rings (SSSR count). The van der Waals surface area contributed by atoms with E-state index in [0.717, 1.165) is 5.56 Å². The summed E-state index contributed by atoms with van der Waals surface area (Å²) in [6.07, 6.45) is 0.660. The van der Waals surface area contributed by atoms with Crippen LogP contribution in [-0.2, 0) is 16.1 Å². The monoisotopic (exact) mass is 278 g/mol. The molecule has 0 unspecified atom stereocenters. The second-order valence-electron chi connectivity index (χ2n) is 5.14. The molecular weight excluding hydrogens is 256 g/mol. The lowest BCUT2D eigenvalue weighted by atomic mass is 10.0. The summed E-state index contributed by atoms with van der Waals surface area (Å²) in [7, 11) is 1.34. The molecule has 0 aliphatic carbocycles. The molecule has 0 heterocycles. The first-order valence-corrected chi connectivity index (χ1v) is 6.64. The minimum absolute atomic E-state index is 0.157. The lowest BCUT2D eigenvalue weighted by Gasteiger charge is -2.14. The van der Waals surface area contributed by atoms with E-state index in [0.29, 0.717) is 24.4 Å². The number of hydrogen-bond donors (Lipinski definition) is 2. The van der Waals surface area contributed by atoms with Crippen LogP contribution >= 0.6 is 0 Å². The third-order valence-corrected chi connectivity index (χ3v) is 2.90. The quantitative estimate of drug-likeness (QED) is 0.772. The van der Waals surface area contributed by atoms with Gasteiger partial charge in [-0.05, 0) is 30.0 Å². The fraction of sp³-hybridized carbons (Fsp3) is 0.467. The van der Waals surface area contributed by atoms with E-state index in [4.69, 9.17) is 5.73 Å². The van der Waals surface area contributed by atoms with E-state index in [2.05, 4.69) is 10.1 Å². The van der Waals surface area contributed by atoms with Gasteiger partial charge in [0, 0.05) is 6.54 Å². The molecule has 0 radical (unpaired) electrons. The first kappa shape index (κ1) is 16.2. The summed E-state index contributed by atoms with van der Waals surface area (Å²) in [6, 6.07) is 6.41. The zero-order valence-corrected chi connectivity index (χ0v) is 12.2. The molecule has 1 amide bonds. The predicted molar refractivity (Wildman–Crippen MR) is 77.1 cm³/mol. The highest BCUT2D eigenvalue weighted by molar-refractivity contribution is 5.89. The Morgan fingerprint density at radius 2 is 1.85 bits per heavy atom. The van der Waals surface area contributed by atoms with Crippen molar-refractivity contribution >= 4 is 11.9 Å². The van der Waals surface area contributed by atoms with Gasteiger partial charge in [0.2, 0.25) is 5.91 Å². The topological polar surface area (TPSA) is 81.4 Å². The maximum atomic E-state index is 11.8. The summed E-state index contributed by atoms with van der Waals surface area (Å²) in [6.45, 7) is 4.45. The highest BCUT2D eigenvalue weighted by atomic mass is 16.5. The summed E-state index contributed by atoms with van der Waals surface area (Å²) >= 11 is 0. The van der Waals surface area contributed by atoms with Crippen molar-refractivity contribution in [2.75, 3.05) is 7.11 Å². The highest BCUT2D eigenvalue weighted by Crippen LogP contribution is 2.06. The van der Waals surface area contributed by atoms with Crippen molar-refractivity contribution in [1.82, 2.24) is 5.32 Å². The van der Waals surface area contributed by atoms with Crippen molar-refractivity contribution in [3.63, 3.8) is 0 Å². The zero-order valence-electron chi connectivity index (χ0n) is 12.2. The molecule has 0 aliphatic heterocycles. The van der Waals surface area contributed by atoms with Crippen LogP contribution in [0.5, 0.6) is 0 Å². The van der Waals surface area contributed by atoms with Gasteiger partial charge >= 0.3 is 5.97 Å². The summed E-state index contributed by atoms with van der Waals surface area (Å²) in [5.74, 6) is -0.148. The first-order chi connectivity index (χ1) is 9.43. The van der Waals surface area contributed by atoms with Crippen LogP contribution in [0.15, 0.2) is 24.3 Å². The fourth-order valence-electron chi connectivity index (χ4n) is 1.81. The van der Waals surface area contributed by atoms with Gasteiger partial charge in [0.05, 0.1) is 18.7 Å². The van der Waals surface area contributed by atoms with Gasteiger partial charge < -0.3 is 15.8 Å². The maximum absolute atomic E-state index is 11.8. The molecule has 1 atom stereocenters. The number of amides is 1. The molecule has 1 aromatic carbocycles. The van der Waals surface area contributed by atoms with Crippen LogP contribution in [0.2, 0.25) is 0 Å². The molecule has 3 N–H and O–H groups in total. The molecular formula is C15H22N2O3. The minimum Gasteiger partial charge on any atom is -0.465 e. The third-order valence-electron chi connectivity index (χ3n) is 2.90. The van der Waals surface area contributed by atoms with Crippen molar-refractivity contribution in [2.24, 2.45) is 11.7 Å². The molecule has 0 aliphatic rings. The first-order valence-electron chi connectivity index (χ1n) is 6.64. The van der Waals surface area contributed by atoms with Gasteiger partial charge in [-0.3, -0.25) is 4.79 Å². The molecule has 0 saturated carbocycles. The van der Waals surface area contributed by atoms with Crippen LogP contribution in [0, 0.1) is 5.92 Å². The molecule has 5 heteroatoms. The number of esters is 1. The van der Waals surface area contributed by atoms with Gasteiger partial charge in [0.15, 0.2) is 0 Å². The van der Waals surface area contributed by atoms with Gasteiger partial charge in [-0.25, -0.2) is 4.79 Å². The molecule has 0 spiro atoms. The standard InChI is InChI=1S/C15H22N2O3/c1-10(2)8-13(16)14(18)17-9-11-4-6-12(7-5-11)15(19)20-3/h4-7,10,13H,8-9,16H2,1-3H3,(H,17,18)/t13-/m1/s1. The average molecular weight is 278 g/mol. The molecule has 5 nitrogen and oxygen atoms in total.